The molecule has 10 heteroatoms. The zero-order chi connectivity index (χ0) is 49.1. The molecule has 0 aliphatic rings. The van der Waals surface area contributed by atoms with Crippen molar-refractivity contribution in [3.05, 3.63) is 232 Å². The van der Waals surface area contributed by atoms with Crippen molar-refractivity contribution in [3.63, 3.8) is 0 Å². The van der Waals surface area contributed by atoms with Gasteiger partial charge >= 0.3 is 6.18 Å². The fourth-order valence-electron chi connectivity index (χ4n) is 9.96. The van der Waals surface area contributed by atoms with Crippen LogP contribution in [0.15, 0.2) is 176 Å². The monoisotopic (exact) mass is 919 g/mol. The summed E-state index contributed by atoms with van der Waals surface area (Å²) in [6.07, 6.45) is -4.52. The van der Waals surface area contributed by atoms with Crippen LogP contribution in [-0.4, -0.2) is 9.13 Å². The van der Waals surface area contributed by atoms with Gasteiger partial charge in [0.25, 0.3) is 0 Å². The molecule has 0 aliphatic carbocycles. The summed E-state index contributed by atoms with van der Waals surface area (Å²) < 4.78 is 46.3. The normalized spacial score (nSPS) is 11.3. The van der Waals surface area contributed by atoms with Gasteiger partial charge in [0.15, 0.2) is 17.1 Å². The van der Waals surface area contributed by atoms with Crippen LogP contribution in [-0.2, 0) is 6.18 Å². The zero-order valence-electron chi connectivity index (χ0n) is 37.5. The highest BCUT2D eigenvalue weighted by Gasteiger charge is 2.31. The maximum absolute atomic E-state index is 14.0. The van der Waals surface area contributed by atoms with Crippen molar-refractivity contribution < 1.29 is 13.2 Å². The lowest BCUT2D eigenvalue weighted by molar-refractivity contribution is -0.137. The molecule has 11 aromatic rings. The van der Waals surface area contributed by atoms with Crippen molar-refractivity contribution in [2.75, 3.05) is 0 Å². The molecule has 0 N–H and O–H groups in total. The van der Waals surface area contributed by atoms with Crippen molar-refractivity contribution in [1.29, 1.82) is 10.5 Å². The number of rotatable bonds is 6. The van der Waals surface area contributed by atoms with E-state index in [4.69, 9.17) is 19.7 Å². The first-order valence-corrected chi connectivity index (χ1v) is 22.3. The number of hydrogen-bond acceptors (Lipinski definition) is 2. The van der Waals surface area contributed by atoms with Gasteiger partial charge in [0.05, 0.1) is 76.4 Å². The van der Waals surface area contributed by atoms with Crippen LogP contribution < -0.4 is 0 Å². The molecule has 0 fully saturated rings. The predicted molar refractivity (Wildman–Crippen MR) is 275 cm³/mol. The Kier molecular flexibility index (Phi) is 10.3. The summed E-state index contributed by atoms with van der Waals surface area (Å²) in [6, 6.07) is 58.0. The van der Waals surface area contributed by atoms with E-state index in [1.165, 1.54) is 12.1 Å². The molecule has 2 aromatic heterocycles. The minimum atomic E-state index is -4.52. The van der Waals surface area contributed by atoms with Crippen molar-refractivity contribution in [3.8, 4) is 68.0 Å². The second-order valence-corrected chi connectivity index (χ2v) is 17.2. The summed E-state index contributed by atoms with van der Waals surface area (Å²) in [6.45, 7) is 25.1. The van der Waals surface area contributed by atoms with E-state index in [-0.39, 0.29) is 0 Å². The molecular formula is C61H32F3N7. The first-order chi connectivity index (χ1) is 34.5. The average molecular weight is 920 g/mol. The molecule has 9 aromatic carbocycles. The number of alkyl halides is 3. The number of benzene rings is 9. The lowest BCUT2D eigenvalue weighted by Crippen LogP contribution is -2.05. The fourth-order valence-corrected chi connectivity index (χ4v) is 9.96. The lowest BCUT2D eigenvalue weighted by Gasteiger charge is -2.20. The van der Waals surface area contributed by atoms with Crippen LogP contribution >= 0.6 is 0 Å². The Bertz CT molecular complexity index is 4310. The SMILES string of the molecule is [C-]#[N+]c1ccc(-c2ccc3c(c2)c2ccccc2n3-c2ccc(-c3ccc(C(F)(F)F)cc3C)cc2-c2ccc(C#N)cc2-n2c3ccccc3c3cc(-c4ccc(C#N)cc4[N+]#[C-])ccc32)c([N+]#[C-])c1. The number of nitrogens with zero attached hydrogens (tertiary/aromatic N) is 7. The van der Waals surface area contributed by atoms with Crippen LogP contribution in [0.1, 0.15) is 22.3 Å². The van der Waals surface area contributed by atoms with E-state index in [9.17, 15) is 23.7 Å². The minimum Gasteiger partial charge on any atom is -0.309 e. The van der Waals surface area contributed by atoms with Gasteiger partial charge in [-0.2, -0.15) is 23.7 Å². The number of halogens is 3. The Morgan fingerprint density at radius 1 is 0.437 bits per heavy atom. The minimum absolute atomic E-state index is 0.358. The highest BCUT2D eigenvalue weighted by molar-refractivity contribution is 6.13. The molecule has 0 aliphatic heterocycles. The van der Waals surface area contributed by atoms with E-state index in [2.05, 4.69) is 41.9 Å². The van der Waals surface area contributed by atoms with Crippen LogP contribution in [0.2, 0.25) is 0 Å². The summed E-state index contributed by atoms with van der Waals surface area (Å²) in [5, 5.41) is 23.7. The Morgan fingerprint density at radius 2 is 0.944 bits per heavy atom. The molecule has 0 bridgehead atoms. The quantitative estimate of drug-likeness (QED) is 0.156. The van der Waals surface area contributed by atoms with E-state index in [0.717, 1.165) is 77.6 Å². The van der Waals surface area contributed by atoms with Crippen LogP contribution in [0.25, 0.3) is 114 Å². The van der Waals surface area contributed by atoms with Gasteiger partial charge in [-0.25, -0.2) is 14.5 Å². The van der Waals surface area contributed by atoms with E-state index in [1.807, 2.05) is 109 Å². The smallest absolute Gasteiger partial charge is 0.309 e. The Balaban J connectivity index is 1.20. The first kappa shape index (κ1) is 43.4. The number of hydrogen-bond donors (Lipinski definition) is 0. The fraction of sp³-hybridized carbons (Fsp3) is 0.0328. The summed E-state index contributed by atoms with van der Waals surface area (Å²) >= 11 is 0. The molecule has 11 rings (SSSR count). The van der Waals surface area contributed by atoms with Crippen LogP contribution in [0.5, 0.6) is 0 Å². The Morgan fingerprint density at radius 3 is 1.52 bits per heavy atom. The molecule has 71 heavy (non-hydrogen) atoms. The molecular weight excluding hydrogens is 888 g/mol. The topological polar surface area (TPSA) is 70.5 Å². The molecule has 0 radical (unpaired) electrons. The van der Waals surface area contributed by atoms with Crippen LogP contribution in [0.4, 0.5) is 30.2 Å². The highest BCUT2D eigenvalue weighted by Crippen LogP contribution is 2.46. The number of para-hydroxylation sites is 2. The van der Waals surface area contributed by atoms with E-state index in [1.54, 1.807) is 49.4 Å². The first-order valence-electron chi connectivity index (χ1n) is 22.3. The van der Waals surface area contributed by atoms with Gasteiger partial charge in [-0.05, 0) is 131 Å². The molecule has 7 nitrogen and oxygen atoms in total. The number of nitriles is 2. The molecule has 332 valence electrons. The van der Waals surface area contributed by atoms with E-state index < -0.39 is 11.7 Å². The van der Waals surface area contributed by atoms with Gasteiger partial charge in [0, 0.05) is 38.2 Å². The van der Waals surface area contributed by atoms with Gasteiger partial charge in [-0.1, -0.05) is 91.0 Å². The third-order valence-electron chi connectivity index (χ3n) is 13.2. The summed E-state index contributed by atoms with van der Waals surface area (Å²) in [7, 11) is 0. The van der Waals surface area contributed by atoms with Gasteiger partial charge in [-0.15, -0.1) is 0 Å². The van der Waals surface area contributed by atoms with Gasteiger partial charge in [0.2, 0.25) is 0 Å². The molecule has 2 heterocycles. The summed E-state index contributed by atoms with van der Waals surface area (Å²) in [5.74, 6) is 0. The maximum Gasteiger partial charge on any atom is 0.416 e. The summed E-state index contributed by atoms with van der Waals surface area (Å²) in [4.78, 5) is 11.0. The third kappa shape index (κ3) is 7.19. The molecule has 0 spiro atoms. The van der Waals surface area contributed by atoms with E-state index >= 15 is 0 Å². The molecule has 0 unspecified atom stereocenters. The van der Waals surface area contributed by atoms with Crippen molar-refractivity contribution in [1.82, 2.24) is 9.13 Å². The zero-order valence-corrected chi connectivity index (χ0v) is 37.5. The number of aromatic nitrogens is 2. The molecule has 0 amide bonds. The molecule has 0 saturated heterocycles. The van der Waals surface area contributed by atoms with Crippen LogP contribution in [0, 0.1) is 49.3 Å². The highest BCUT2D eigenvalue weighted by atomic mass is 19.4. The van der Waals surface area contributed by atoms with Gasteiger partial charge in [-0.3, -0.25) is 0 Å². The number of aryl methyl sites for hydroxylation is 1. The largest absolute Gasteiger partial charge is 0.416 e. The van der Waals surface area contributed by atoms with E-state index in [0.29, 0.717) is 61.7 Å². The molecule has 0 saturated carbocycles. The van der Waals surface area contributed by atoms with Gasteiger partial charge in [0.1, 0.15) is 0 Å². The third-order valence-corrected chi connectivity index (χ3v) is 13.2. The van der Waals surface area contributed by atoms with Gasteiger partial charge < -0.3 is 9.13 Å². The Labute approximate surface area is 405 Å². The summed E-state index contributed by atoms with van der Waals surface area (Å²) in [5.41, 5.74) is 12.3. The molecule has 0 atom stereocenters. The standard InChI is InChI=1S/C61H32F3N7/c1-36-27-42(61(62,63)64)18-22-44(36)39-15-24-58(70-55-11-7-5-9-47(55)50-32-41(16-25-57(50)70)46-23-19-43(67-2)33-54(46)69-4)52(30-39)49-21-14-38(35-66)29-60(49)71-56-12-8-6-10-48(56)51-31-40(17-26-59(51)71)45-20-13-37(34-65)28-53(45)68-3/h5-33H,1H3. The Hall–Kier alpha value is -10.2. The predicted octanol–water partition coefficient (Wildman–Crippen LogP) is 17.3. The van der Waals surface area contributed by atoms with Crippen LogP contribution in [0.3, 0.4) is 0 Å². The second-order valence-electron chi connectivity index (χ2n) is 17.2. The lowest BCUT2D eigenvalue weighted by atomic mass is 9.92. The second kappa shape index (κ2) is 16.9. The average Bonchev–Trinajstić information content (AvgIpc) is 3.91. The van der Waals surface area contributed by atoms with Crippen molar-refractivity contribution in [2.45, 2.75) is 13.1 Å². The van der Waals surface area contributed by atoms with Crippen molar-refractivity contribution in [2.24, 2.45) is 0 Å². The maximum atomic E-state index is 14.0. The number of fused-ring (bicyclic) bond motifs is 6. The van der Waals surface area contributed by atoms with Crippen molar-refractivity contribution >= 4 is 60.7 Å².